The molecule has 0 saturated heterocycles. The van der Waals surface area contributed by atoms with Gasteiger partial charge in [0.25, 0.3) is 5.91 Å². The number of nitrogens with zero attached hydrogens (tertiary/aromatic N) is 2. The molecule has 0 atom stereocenters. The van der Waals surface area contributed by atoms with Crippen LogP contribution < -0.4 is 25.4 Å². The van der Waals surface area contributed by atoms with Crippen molar-refractivity contribution in [2.24, 2.45) is 4.99 Å². The van der Waals surface area contributed by atoms with Gasteiger partial charge in [-0.05, 0) is 43.9 Å². The highest BCUT2D eigenvalue weighted by Gasteiger charge is 2.08. The standard InChI is InChI=1S/C23H33N5O3/c1-24-23(27-16-19-9-10-20(30-4)14-21(19)31-5)26-15-17-7-6-8-18(13-17)22(29)25-11-12-28(2)3/h6-10,13-14H,11-12,15-16H2,1-5H3,(H,25,29)(H2,24,26,27). The summed E-state index contributed by atoms with van der Waals surface area (Å²) in [5.41, 5.74) is 2.62. The fourth-order valence-corrected chi connectivity index (χ4v) is 2.90. The average Bonchev–Trinajstić information content (AvgIpc) is 2.79. The first-order valence-electron chi connectivity index (χ1n) is 10.1. The molecule has 2 aromatic carbocycles. The second-order valence-corrected chi connectivity index (χ2v) is 7.22. The van der Waals surface area contributed by atoms with Crippen LogP contribution >= 0.6 is 0 Å². The molecule has 0 aliphatic rings. The highest BCUT2D eigenvalue weighted by molar-refractivity contribution is 5.94. The summed E-state index contributed by atoms with van der Waals surface area (Å²) in [5, 5.41) is 9.49. The summed E-state index contributed by atoms with van der Waals surface area (Å²) in [6, 6.07) is 13.3. The van der Waals surface area contributed by atoms with Crippen LogP contribution in [0.25, 0.3) is 0 Å². The monoisotopic (exact) mass is 427 g/mol. The van der Waals surface area contributed by atoms with Crippen LogP contribution in [0.3, 0.4) is 0 Å². The van der Waals surface area contributed by atoms with Gasteiger partial charge in [0.05, 0.1) is 14.2 Å². The Morgan fingerprint density at radius 3 is 2.45 bits per heavy atom. The van der Waals surface area contributed by atoms with E-state index in [1.54, 1.807) is 21.3 Å². The molecule has 0 unspecified atom stereocenters. The van der Waals surface area contributed by atoms with E-state index in [0.29, 0.717) is 31.2 Å². The minimum atomic E-state index is -0.0715. The Bertz CT molecular complexity index is 883. The van der Waals surface area contributed by atoms with Gasteiger partial charge in [0, 0.05) is 50.4 Å². The minimum Gasteiger partial charge on any atom is -0.497 e. The van der Waals surface area contributed by atoms with Crippen molar-refractivity contribution >= 4 is 11.9 Å². The topological polar surface area (TPSA) is 87.2 Å². The second-order valence-electron chi connectivity index (χ2n) is 7.22. The first-order chi connectivity index (χ1) is 15.0. The van der Waals surface area contributed by atoms with E-state index < -0.39 is 0 Å². The molecule has 8 nitrogen and oxygen atoms in total. The van der Waals surface area contributed by atoms with Crippen molar-refractivity contribution < 1.29 is 14.3 Å². The van der Waals surface area contributed by atoms with Crippen LogP contribution in [0.5, 0.6) is 11.5 Å². The number of methoxy groups -OCH3 is 2. The van der Waals surface area contributed by atoms with Crippen LogP contribution in [0, 0.1) is 0 Å². The van der Waals surface area contributed by atoms with Crippen molar-refractivity contribution in [3.05, 3.63) is 59.2 Å². The molecule has 0 fully saturated rings. The lowest BCUT2D eigenvalue weighted by molar-refractivity contribution is 0.0951. The van der Waals surface area contributed by atoms with Crippen molar-refractivity contribution in [2.45, 2.75) is 13.1 Å². The van der Waals surface area contributed by atoms with Gasteiger partial charge in [-0.2, -0.15) is 0 Å². The maximum absolute atomic E-state index is 12.3. The number of amides is 1. The van der Waals surface area contributed by atoms with E-state index in [2.05, 4.69) is 20.9 Å². The Morgan fingerprint density at radius 1 is 1.00 bits per heavy atom. The van der Waals surface area contributed by atoms with E-state index in [0.717, 1.165) is 29.2 Å². The summed E-state index contributed by atoms with van der Waals surface area (Å²) in [6.07, 6.45) is 0. The second kappa shape index (κ2) is 12.4. The molecule has 0 aliphatic heterocycles. The van der Waals surface area contributed by atoms with Crippen LogP contribution in [0.4, 0.5) is 0 Å². The van der Waals surface area contributed by atoms with Crippen molar-refractivity contribution in [3.8, 4) is 11.5 Å². The van der Waals surface area contributed by atoms with Crippen molar-refractivity contribution in [3.63, 3.8) is 0 Å². The molecular formula is C23H33N5O3. The van der Waals surface area contributed by atoms with Gasteiger partial charge >= 0.3 is 0 Å². The lowest BCUT2D eigenvalue weighted by atomic mass is 10.1. The molecule has 31 heavy (non-hydrogen) atoms. The van der Waals surface area contributed by atoms with Crippen LogP contribution in [0.15, 0.2) is 47.5 Å². The number of guanidine groups is 1. The molecule has 0 aromatic heterocycles. The molecule has 2 aromatic rings. The summed E-state index contributed by atoms with van der Waals surface area (Å²) >= 11 is 0. The van der Waals surface area contributed by atoms with Gasteiger partial charge in [-0.1, -0.05) is 12.1 Å². The Balaban J connectivity index is 1.91. The van der Waals surface area contributed by atoms with E-state index in [9.17, 15) is 4.79 Å². The van der Waals surface area contributed by atoms with Crippen LogP contribution in [0.2, 0.25) is 0 Å². The molecule has 0 bridgehead atoms. The third-order valence-electron chi connectivity index (χ3n) is 4.66. The number of aliphatic imine (C=N–C) groups is 1. The Hall–Kier alpha value is -3.26. The van der Waals surface area contributed by atoms with Gasteiger partial charge < -0.3 is 30.3 Å². The zero-order valence-electron chi connectivity index (χ0n) is 19.0. The highest BCUT2D eigenvalue weighted by Crippen LogP contribution is 2.24. The Labute approximate surface area is 184 Å². The zero-order chi connectivity index (χ0) is 22.6. The minimum absolute atomic E-state index is 0.0715. The zero-order valence-corrected chi connectivity index (χ0v) is 19.0. The van der Waals surface area contributed by atoms with Crippen molar-refractivity contribution in [2.75, 3.05) is 48.5 Å². The first-order valence-corrected chi connectivity index (χ1v) is 10.1. The predicted molar refractivity (Wildman–Crippen MR) is 124 cm³/mol. The Kier molecular flexibility index (Phi) is 9.64. The summed E-state index contributed by atoms with van der Waals surface area (Å²) in [4.78, 5) is 18.6. The quantitative estimate of drug-likeness (QED) is 0.396. The number of nitrogens with one attached hydrogen (secondary N) is 3. The number of hydrogen-bond acceptors (Lipinski definition) is 5. The van der Waals surface area contributed by atoms with E-state index in [-0.39, 0.29) is 5.91 Å². The maximum atomic E-state index is 12.3. The van der Waals surface area contributed by atoms with E-state index in [1.165, 1.54) is 0 Å². The number of likely N-dealkylation sites (N-methyl/N-ethyl adjacent to an activating group) is 1. The number of carbonyl (C=O) groups excluding carboxylic acids is 1. The van der Waals surface area contributed by atoms with Crippen LogP contribution in [-0.2, 0) is 13.1 Å². The molecule has 0 radical (unpaired) electrons. The number of benzene rings is 2. The molecule has 0 aliphatic carbocycles. The smallest absolute Gasteiger partial charge is 0.251 e. The third-order valence-corrected chi connectivity index (χ3v) is 4.66. The molecule has 2 rings (SSSR count). The van der Waals surface area contributed by atoms with Crippen LogP contribution in [0.1, 0.15) is 21.5 Å². The fourth-order valence-electron chi connectivity index (χ4n) is 2.90. The summed E-state index contributed by atoms with van der Waals surface area (Å²) in [7, 11) is 8.93. The van der Waals surface area contributed by atoms with Gasteiger partial charge in [0.2, 0.25) is 0 Å². The third kappa shape index (κ3) is 7.82. The van der Waals surface area contributed by atoms with Crippen molar-refractivity contribution in [1.29, 1.82) is 0 Å². The lowest BCUT2D eigenvalue weighted by Gasteiger charge is -2.15. The Morgan fingerprint density at radius 2 is 1.77 bits per heavy atom. The molecule has 3 N–H and O–H groups in total. The maximum Gasteiger partial charge on any atom is 0.251 e. The van der Waals surface area contributed by atoms with Gasteiger partial charge in [-0.25, -0.2) is 0 Å². The summed E-state index contributed by atoms with van der Waals surface area (Å²) in [6.45, 7) is 2.49. The first kappa shape index (κ1) is 24.0. The SMILES string of the molecule is CN=C(NCc1cccc(C(=O)NCCN(C)C)c1)NCc1ccc(OC)cc1OC. The van der Waals surface area contributed by atoms with Gasteiger partial charge in [-0.3, -0.25) is 9.79 Å². The normalized spacial score (nSPS) is 11.2. The summed E-state index contributed by atoms with van der Waals surface area (Å²) in [5.74, 6) is 2.07. The van der Waals surface area contributed by atoms with Crippen molar-refractivity contribution in [1.82, 2.24) is 20.9 Å². The van der Waals surface area contributed by atoms with Crippen LogP contribution in [-0.4, -0.2) is 65.2 Å². The molecule has 0 spiro atoms. The number of hydrogen-bond donors (Lipinski definition) is 3. The van der Waals surface area contributed by atoms with Gasteiger partial charge in [0.1, 0.15) is 11.5 Å². The highest BCUT2D eigenvalue weighted by atomic mass is 16.5. The van der Waals surface area contributed by atoms with E-state index in [4.69, 9.17) is 9.47 Å². The molecule has 8 heteroatoms. The predicted octanol–water partition coefficient (Wildman–Crippen LogP) is 1.86. The molecule has 1 amide bonds. The lowest BCUT2D eigenvalue weighted by Crippen LogP contribution is -2.36. The number of rotatable bonds is 10. The molecular weight excluding hydrogens is 394 g/mol. The molecule has 0 saturated carbocycles. The fraction of sp³-hybridized carbons (Fsp3) is 0.391. The molecule has 168 valence electrons. The largest absolute Gasteiger partial charge is 0.497 e. The summed E-state index contributed by atoms with van der Waals surface area (Å²) < 4.78 is 10.7. The van der Waals surface area contributed by atoms with E-state index in [1.807, 2.05) is 61.5 Å². The van der Waals surface area contributed by atoms with Gasteiger partial charge in [-0.15, -0.1) is 0 Å². The van der Waals surface area contributed by atoms with E-state index >= 15 is 0 Å². The molecule has 0 heterocycles. The number of carbonyl (C=O) groups is 1. The number of ether oxygens (including phenoxy) is 2. The van der Waals surface area contributed by atoms with Gasteiger partial charge in [0.15, 0.2) is 5.96 Å². The average molecular weight is 428 g/mol.